The fourth-order valence-corrected chi connectivity index (χ4v) is 4.94. The largest absolute Gasteiger partial charge is 0.493 e. The number of para-hydroxylation sites is 1. The smallest absolute Gasteiger partial charge is 0.269 e. The Balaban J connectivity index is 1.54. The van der Waals surface area contributed by atoms with Crippen molar-refractivity contribution in [2.24, 2.45) is 0 Å². The molecule has 4 aromatic rings. The minimum Gasteiger partial charge on any atom is -0.493 e. The zero-order valence-corrected chi connectivity index (χ0v) is 25.3. The van der Waals surface area contributed by atoms with E-state index in [1.807, 2.05) is 49.5 Å². The van der Waals surface area contributed by atoms with E-state index in [-0.39, 0.29) is 24.0 Å². The molecule has 44 heavy (non-hydrogen) atoms. The Hall–Kier alpha value is -5.12. The zero-order chi connectivity index (χ0) is 31.5. The van der Waals surface area contributed by atoms with Gasteiger partial charge in [0.25, 0.3) is 5.69 Å². The van der Waals surface area contributed by atoms with Gasteiger partial charge >= 0.3 is 0 Å². The van der Waals surface area contributed by atoms with Crippen molar-refractivity contribution in [1.29, 1.82) is 0 Å². The molecule has 0 spiro atoms. The van der Waals surface area contributed by atoms with Crippen molar-refractivity contribution in [3.63, 3.8) is 0 Å². The summed E-state index contributed by atoms with van der Waals surface area (Å²) >= 11 is 0. The molecule has 0 aliphatic carbocycles. The lowest BCUT2D eigenvalue weighted by Gasteiger charge is -2.27. The van der Waals surface area contributed by atoms with Crippen molar-refractivity contribution in [3.8, 4) is 11.5 Å². The van der Waals surface area contributed by atoms with Crippen LogP contribution in [0.3, 0.4) is 0 Å². The van der Waals surface area contributed by atoms with Gasteiger partial charge in [-0.1, -0.05) is 37.6 Å². The van der Waals surface area contributed by atoms with Crippen LogP contribution in [0.5, 0.6) is 11.5 Å². The van der Waals surface area contributed by atoms with Crippen LogP contribution in [0.15, 0.2) is 79.0 Å². The van der Waals surface area contributed by atoms with E-state index in [1.165, 1.54) is 18.2 Å². The van der Waals surface area contributed by atoms with E-state index in [9.17, 15) is 19.7 Å². The Kier molecular flexibility index (Phi) is 11.1. The van der Waals surface area contributed by atoms with Gasteiger partial charge in [-0.25, -0.2) is 0 Å². The van der Waals surface area contributed by atoms with E-state index in [1.54, 1.807) is 42.2 Å². The standard InChI is InChI=1S/C34H38N4O6/c1-4-5-19-36(33(39)17-13-25-10-14-28(15-11-25)38(41)42)24-34(40)37(23-26-12-16-31(43-2)32(21-26)44-3)20-18-27-22-35-30-9-7-6-8-29(27)30/h6-17,21-22,35H,4-5,18-20,23-24H2,1-3H3/b17-13+. The third-order valence-electron chi connectivity index (χ3n) is 7.44. The number of ether oxygens (including phenoxy) is 2. The van der Waals surface area contributed by atoms with E-state index < -0.39 is 4.92 Å². The molecule has 230 valence electrons. The number of amides is 2. The maximum Gasteiger partial charge on any atom is 0.269 e. The number of fused-ring (bicyclic) bond motifs is 1. The molecule has 0 fully saturated rings. The lowest BCUT2D eigenvalue weighted by Crippen LogP contribution is -2.43. The lowest BCUT2D eigenvalue weighted by atomic mass is 10.1. The van der Waals surface area contributed by atoms with Crippen LogP contribution >= 0.6 is 0 Å². The molecule has 0 unspecified atom stereocenters. The fraction of sp³-hybridized carbons (Fsp3) is 0.294. The summed E-state index contributed by atoms with van der Waals surface area (Å²) in [6.45, 7) is 3.16. The van der Waals surface area contributed by atoms with E-state index in [2.05, 4.69) is 11.1 Å². The predicted molar refractivity (Wildman–Crippen MR) is 171 cm³/mol. The highest BCUT2D eigenvalue weighted by atomic mass is 16.6. The van der Waals surface area contributed by atoms with Gasteiger partial charge in [0.05, 0.1) is 19.1 Å². The maximum absolute atomic E-state index is 13.9. The molecule has 0 aliphatic heterocycles. The van der Waals surface area contributed by atoms with Gasteiger partial charge in [0.1, 0.15) is 6.54 Å². The molecular formula is C34H38N4O6. The van der Waals surface area contributed by atoms with Crippen LogP contribution in [0.4, 0.5) is 5.69 Å². The number of benzene rings is 3. The van der Waals surface area contributed by atoms with Crippen LogP contribution in [-0.4, -0.2) is 65.4 Å². The quantitative estimate of drug-likeness (QED) is 0.102. The van der Waals surface area contributed by atoms with Crippen LogP contribution < -0.4 is 9.47 Å². The molecule has 0 atom stereocenters. The fourth-order valence-electron chi connectivity index (χ4n) is 4.94. The number of hydrogen-bond acceptors (Lipinski definition) is 6. The van der Waals surface area contributed by atoms with Crippen molar-refractivity contribution in [2.45, 2.75) is 32.7 Å². The van der Waals surface area contributed by atoms with E-state index in [0.717, 1.165) is 34.9 Å². The second-order valence-electron chi connectivity index (χ2n) is 10.4. The molecule has 0 radical (unpaired) electrons. The highest BCUT2D eigenvalue weighted by Crippen LogP contribution is 2.28. The molecule has 4 rings (SSSR count). The topological polar surface area (TPSA) is 118 Å². The number of carbonyl (C=O) groups excluding carboxylic acids is 2. The van der Waals surface area contributed by atoms with E-state index in [0.29, 0.717) is 43.1 Å². The number of nitro benzene ring substituents is 1. The summed E-state index contributed by atoms with van der Waals surface area (Å²) in [5.74, 6) is 0.704. The highest BCUT2D eigenvalue weighted by Gasteiger charge is 2.21. The molecule has 0 saturated heterocycles. The second-order valence-corrected chi connectivity index (χ2v) is 10.4. The number of carbonyl (C=O) groups is 2. The first-order valence-electron chi connectivity index (χ1n) is 14.6. The number of H-pyrrole nitrogens is 1. The number of nitrogens with one attached hydrogen (secondary N) is 1. The van der Waals surface area contributed by atoms with Gasteiger partial charge in [-0.3, -0.25) is 19.7 Å². The van der Waals surface area contributed by atoms with Gasteiger partial charge in [0.2, 0.25) is 11.8 Å². The zero-order valence-electron chi connectivity index (χ0n) is 25.3. The minimum absolute atomic E-state index is 0.0224. The summed E-state index contributed by atoms with van der Waals surface area (Å²) in [7, 11) is 3.15. The van der Waals surface area contributed by atoms with Gasteiger partial charge in [-0.05, 0) is 65.9 Å². The Labute approximate surface area is 257 Å². The predicted octanol–water partition coefficient (Wildman–Crippen LogP) is 6.01. The number of unbranched alkanes of at least 4 members (excludes halogenated alkanes) is 1. The SMILES string of the molecule is CCCCN(CC(=O)N(CCc1c[nH]c2ccccc12)Cc1ccc(OC)c(OC)c1)C(=O)/C=C/c1ccc([N+](=O)[O-])cc1. The van der Waals surface area contributed by atoms with Crippen molar-refractivity contribution >= 4 is 34.5 Å². The molecule has 2 amide bonds. The number of aromatic amines is 1. The normalized spacial score (nSPS) is 11.1. The summed E-state index contributed by atoms with van der Waals surface area (Å²) < 4.78 is 10.9. The number of rotatable bonds is 15. The molecule has 0 aliphatic rings. The van der Waals surface area contributed by atoms with Crippen LogP contribution in [0.25, 0.3) is 17.0 Å². The highest BCUT2D eigenvalue weighted by molar-refractivity contribution is 5.94. The number of methoxy groups -OCH3 is 2. The van der Waals surface area contributed by atoms with Crippen LogP contribution in [-0.2, 0) is 22.6 Å². The number of non-ortho nitro benzene ring substituents is 1. The van der Waals surface area contributed by atoms with Crippen molar-refractivity contribution in [2.75, 3.05) is 33.9 Å². The van der Waals surface area contributed by atoms with Gasteiger partial charge in [-0.15, -0.1) is 0 Å². The number of hydrogen-bond donors (Lipinski definition) is 1. The van der Waals surface area contributed by atoms with E-state index >= 15 is 0 Å². The van der Waals surface area contributed by atoms with Crippen LogP contribution in [0.1, 0.15) is 36.5 Å². The number of nitro groups is 1. The Morgan fingerprint density at radius 1 is 0.955 bits per heavy atom. The van der Waals surface area contributed by atoms with Crippen molar-refractivity contribution in [3.05, 3.63) is 106 Å². The maximum atomic E-state index is 13.9. The molecule has 0 saturated carbocycles. The molecule has 10 nitrogen and oxygen atoms in total. The Morgan fingerprint density at radius 2 is 1.70 bits per heavy atom. The molecule has 1 heterocycles. The third kappa shape index (κ3) is 8.25. The Morgan fingerprint density at radius 3 is 2.41 bits per heavy atom. The Bertz CT molecular complexity index is 1610. The third-order valence-corrected chi connectivity index (χ3v) is 7.44. The second kappa shape index (κ2) is 15.4. The summed E-state index contributed by atoms with van der Waals surface area (Å²) in [6.07, 6.45) is 7.23. The first kappa shape index (κ1) is 31.8. The first-order chi connectivity index (χ1) is 21.3. The summed E-state index contributed by atoms with van der Waals surface area (Å²) in [4.78, 5) is 44.3. The molecule has 3 aromatic carbocycles. The molecular weight excluding hydrogens is 560 g/mol. The lowest BCUT2D eigenvalue weighted by molar-refractivity contribution is -0.384. The first-order valence-corrected chi connectivity index (χ1v) is 14.6. The van der Waals surface area contributed by atoms with Gasteiger partial charge < -0.3 is 24.3 Å². The van der Waals surface area contributed by atoms with Gasteiger partial charge in [0, 0.05) is 54.9 Å². The average molecular weight is 599 g/mol. The van der Waals surface area contributed by atoms with Crippen molar-refractivity contribution < 1.29 is 24.0 Å². The molecule has 0 bridgehead atoms. The number of aromatic nitrogens is 1. The van der Waals surface area contributed by atoms with Crippen LogP contribution in [0, 0.1) is 10.1 Å². The summed E-state index contributed by atoms with van der Waals surface area (Å²) in [5.41, 5.74) is 3.65. The molecule has 10 heteroatoms. The van der Waals surface area contributed by atoms with Crippen molar-refractivity contribution in [1.82, 2.24) is 14.8 Å². The number of nitrogens with zero attached hydrogens (tertiary/aromatic N) is 3. The van der Waals surface area contributed by atoms with Gasteiger partial charge in [0.15, 0.2) is 11.5 Å². The van der Waals surface area contributed by atoms with E-state index in [4.69, 9.17) is 9.47 Å². The monoisotopic (exact) mass is 598 g/mol. The van der Waals surface area contributed by atoms with Gasteiger partial charge in [-0.2, -0.15) is 0 Å². The van der Waals surface area contributed by atoms with Crippen LogP contribution in [0.2, 0.25) is 0 Å². The summed E-state index contributed by atoms with van der Waals surface area (Å²) in [6, 6.07) is 19.6. The molecule has 1 N–H and O–H groups in total. The summed E-state index contributed by atoms with van der Waals surface area (Å²) in [5, 5.41) is 12.1. The average Bonchev–Trinajstić information content (AvgIpc) is 3.46. The molecule has 1 aromatic heterocycles. The minimum atomic E-state index is -0.469.